The third kappa shape index (κ3) is 1.69. The fraction of sp³-hybridized carbons (Fsp3) is 0. The van der Waals surface area contributed by atoms with Crippen LogP contribution >= 0.6 is 0 Å². The molecule has 0 unspecified atom stereocenters. The van der Waals surface area contributed by atoms with Gasteiger partial charge in [-0.1, -0.05) is 12.1 Å². The Kier molecular flexibility index (Phi) is 2.17. The molecule has 0 spiro atoms. The molecule has 0 bridgehead atoms. The van der Waals surface area contributed by atoms with Gasteiger partial charge in [0.15, 0.2) is 0 Å². The third-order valence-corrected chi connectivity index (χ3v) is 1.81. The zero-order valence-corrected chi connectivity index (χ0v) is 7.46. The van der Waals surface area contributed by atoms with Crippen molar-refractivity contribution >= 4 is 5.97 Å². The van der Waals surface area contributed by atoms with Gasteiger partial charge in [-0.05, 0) is 12.1 Å². The summed E-state index contributed by atoms with van der Waals surface area (Å²) in [5, 5.41) is 15.9. The summed E-state index contributed by atoms with van der Waals surface area (Å²) in [7, 11) is 0. The van der Waals surface area contributed by atoms with Gasteiger partial charge in [-0.2, -0.15) is 9.49 Å². The van der Waals surface area contributed by atoms with E-state index in [0.29, 0.717) is 0 Å². The first-order valence-electron chi connectivity index (χ1n) is 4.09. The number of nitrogens with zero attached hydrogens (tertiary/aromatic N) is 3. The molecule has 0 amide bonds. The smallest absolute Gasteiger partial charge is 0.337 e. The average Bonchev–Trinajstić information content (AvgIpc) is 2.65. The Labute approximate surface area is 83.8 Å². The molecule has 6 heteroatoms. The van der Waals surface area contributed by atoms with E-state index in [9.17, 15) is 9.18 Å². The lowest BCUT2D eigenvalue weighted by Gasteiger charge is -2.02. The first-order valence-corrected chi connectivity index (χ1v) is 4.09. The van der Waals surface area contributed by atoms with Gasteiger partial charge in [-0.15, -0.1) is 9.90 Å². The summed E-state index contributed by atoms with van der Waals surface area (Å²) in [6, 6.07) is 6.11. The van der Waals surface area contributed by atoms with Gasteiger partial charge < -0.3 is 5.11 Å². The SMILES string of the molecule is O=C(O)c1ccccc1-n1ncc(F)n1. The zero-order valence-electron chi connectivity index (χ0n) is 7.46. The molecule has 0 saturated carbocycles. The number of aromatic carboxylic acids is 1. The van der Waals surface area contributed by atoms with Crippen molar-refractivity contribution in [1.82, 2.24) is 15.0 Å². The molecule has 0 saturated heterocycles. The van der Waals surface area contributed by atoms with Crippen molar-refractivity contribution in [3.63, 3.8) is 0 Å². The van der Waals surface area contributed by atoms with E-state index >= 15 is 0 Å². The van der Waals surface area contributed by atoms with Crippen LogP contribution in [-0.2, 0) is 0 Å². The van der Waals surface area contributed by atoms with Crippen molar-refractivity contribution in [1.29, 1.82) is 0 Å². The fourth-order valence-electron chi connectivity index (χ4n) is 1.19. The van der Waals surface area contributed by atoms with E-state index in [1.165, 1.54) is 12.1 Å². The lowest BCUT2D eigenvalue weighted by atomic mass is 10.2. The normalized spacial score (nSPS) is 10.2. The first kappa shape index (κ1) is 9.32. The van der Waals surface area contributed by atoms with Crippen LogP contribution in [0, 0.1) is 5.95 Å². The number of carboxylic acids is 1. The van der Waals surface area contributed by atoms with Crippen LogP contribution in [0.1, 0.15) is 10.4 Å². The number of hydrogen-bond donors (Lipinski definition) is 1. The lowest BCUT2D eigenvalue weighted by molar-refractivity contribution is 0.0696. The number of benzene rings is 1. The molecule has 15 heavy (non-hydrogen) atoms. The lowest BCUT2D eigenvalue weighted by Crippen LogP contribution is -2.07. The molecular weight excluding hydrogens is 201 g/mol. The van der Waals surface area contributed by atoms with Crippen molar-refractivity contribution in [3.8, 4) is 5.69 Å². The van der Waals surface area contributed by atoms with Crippen LogP contribution in [0.5, 0.6) is 0 Å². The molecule has 1 heterocycles. The molecule has 2 rings (SSSR count). The van der Waals surface area contributed by atoms with Gasteiger partial charge in [0, 0.05) is 0 Å². The minimum absolute atomic E-state index is 0.0214. The highest BCUT2D eigenvalue weighted by molar-refractivity contribution is 5.91. The predicted octanol–water partition coefficient (Wildman–Crippen LogP) is 1.10. The van der Waals surface area contributed by atoms with E-state index in [2.05, 4.69) is 10.2 Å². The Morgan fingerprint density at radius 3 is 2.73 bits per heavy atom. The van der Waals surface area contributed by atoms with Crippen LogP contribution < -0.4 is 0 Å². The van der Waals surface area contributed by atoms with Gasteiger partial charge >= 0.3 is 5.97 Å². The van der Waals surface area contributed by atoms with Crippen molar-refractivity contribution in [2.45, 2.75) is 0 Å². The minimum Gasteiger partial charge on any atom is -0.478 e. The number of carbonyl (C=O) groups is 1. The molecule has 1 aromatic heterocycles. The Balaban J connectivity index is 2.57. The Bertz CT molecular complexity index is 510. The molecule has 0 fully saturated rings. The summed E-state index contributed by atoms with van der Waals surface area (Å²) in [5.74, 6) is -1.86. The second-order valence-electron chi connectivity index (χ2n) is 2.78. The van der Waals surface area contributed by atoms with E-state index < -0.39 is 11.9 Å². The molecular formula is C9H6FN3O2. The summed E-state index contributed by atoms with van der Waals surface area (Å²) in [4.78, 5) is 11.8. The second kappa shape index (κ2) is 3.49. The molecule has 0 aliphatic carbocycles. The maximum absolute atomic E-state index is 12.6. The molecule has 5 nitrogen and oxygen atoms in total. The van der Waals surface area contributed by atoms with Crippen LogP contribution in [-0.4, -0.2) is 26.1 Å². The van der Waals surface area contributed by atoms with Crippen LogP contribution in [0.4, 0.5) is 4.39 Å². The summed E-state index contributed by atoms with van der Waals surface area (Å²) in [6.45, 7) is 0. The number of halogens is 1. The highest BCUT2D eigenvalue weighted by atomic mass is 19.1. The standard InChI is InChI=1S/C9H6FN3O2/c10-8-5-11-13(12-8)7-4-2-1-3-6(7)9(14)15/h1-5H,(H,14,15). The molecule has 0 radical (unpaired) electrons. The van der Waals surface area contributed by atoms with Crippen molar-refractivity contribution in [2.75, 3.05) is 0 Å². The van der Waals surface area contributed by atoms with Gasteiger partial charge in [0.1, 0.15) is 11.9 Å². The van der Waals surface area contributed by atoms with Crippen molar-refractivity contribution in [3.05, 3.63) is 42.0 Å². The minimum atomic E-state index is -1.11. The molecule has 0 aliphatic rings. The van der Waals surface area contributed by atoms with Gasteiger partial charge in [-0.3, -0.25) is 0 Å². The molecule has 0 aliphatic heterocycles. The molecule has 76 valence electrons. The van der Waals surface area contributed by atoms with Gasteiger partial charge in [0.05, 0.1) is 5.56 Å². The Morgan fingerprint density at radius 1 is 1.40 bits per heavy atom. The predicted molar refractivity (Wildman–Crippen MR) is 48.3 cm³/mol. The highest BCUT2D eigenvalue weighted by Crippen LogP contribution is 2.12. The monoisotopic (exact) mass is 207 g/mol. The number of para-hydroxylation sites is 1. The van der Waals surface area contributed by atoms with Crippen LogP contribution in [0.15, 0.2) is 30.5 Å². The fourth-order valence-corrected chi connectivity index (χ4v) is 1.19. The van der Waals surface area contributed by atoms with Crippen LogP contribution in [0.3, 0.4) is 0 Å². The number of rotatable bonds is 2. The van der Waals surface area contributed by atoms with Crippen molar-refractivity contribution in [2.24, 2.45) is 0 Å². The quantitative estimate of drug-likeness (QED) is 0.800. The van der Waals surface area contributed by atoms with E-state index in [1.807, 2.05) is 0 Å². The van der Waals surface area contributed by atoms with Gasteiger partial charge in [-0.25, -0.2) is 4.79 Å². The van der Waals surface area contributed by atoms with E-state index in [0.717, 1.165) is 11.0 Å². The third-order valence-electron chi connectivity index (χ3n) is 1.81. The first-order chi connectivity index (χ1) is 7.18. The number of carboxylic acid groups (broad SMARTS) is 1. The maximum Gasteiger partial charge on any atom is 0.337 e. The number of aromatic nitrogens is 3. The zero-order chi connectivity index (χ0) is 10.8. The van der Waals surface area contributed by atoms with Gasteiger partial charge in [0.2, 0.25) is 0 Å². The highest BCUT2D eigenvalue weighted by Gasteiger charge is 2.12. The van der Waals surface area contributed by atoms with Crippen molar-refractivity contribution < 1.29 is 14.3 Å². The maximum atomic E-state index is 12.6. The van der Waals surface area contributed by atoms with Gasteiger partial charge in [0.25, 0.3) is 5.95 Å². The van der Waals surface area contributed by atoms with E-state index in [1.54, 1.807) is 12.1 Å². The van der Waals surface area contributed by atoms with Crippen LogP contribution in [0.25, 0.3) is 5.69 Å². The summed E-state index contributed by atoms with van der Waals surface area (Å²) < 4.78 is 12.6. The summed E-state index contributed by atoms with van der Waals surface area (Å²) in [6.07, 6.45) is 0.915. The molecule has 1 aromatic carbocycles. The topological polar surface area (TPSA) is 68.0 Å². The van der Waals surface area contributed by atoms with Crippen LogP contribution in [0.2, 0.25) is 0 Å². The number of hydrogen-bond acceptors (Lipinski definition) is 3. The summed E-state index contributed by atoms with van der Waals surface area (Å²) in [5.41, 5.74) is 0.252. The Hall–Kier alpha value is -2.24. The Morgan fingerprint density at radius 2 is 2.13 bits per heavy atom. The largest absolute Gasteiger partial charge is 0.478 e. The van der Waals surface area contributed by atoms with E-state index in [-0.39, 0.29) is 11.3 Å². The molecule has 1 N–H and O–H groups in total. The second-order valence-corrected chi connectivity index (χ2v) is 2.78. The molecule has 0 atom stereocenters. The van der Waals surface area contributed by atoms with E-state index in [4.69, 9.17) is 5.11 Å². The molecule has 2 aromatic rings. The average molecular weight is 207 g/mol. The summed E-state index contributed by atoms with van der Waals surface area (Å²) >= 11 is 0.